The van der Waals surface area contributed by atoms with E-state index >= 15 is 0 Å². The number of nitrogens with zero attached hydrogens (tertiary/aromatic N) is 1. The van der Waals surface area contributed by atoms with Crippen molar-refractivity contribution in [3.05, 3.63) is 119 Å². The molecule has 5 rings (SSSR count). The van der Waals surface area contributed by atoms with Gasteiger partial charge in [0.05, 0.1) is 36.7 Å². The Hall–Kier alpha value is -4.78. The van der Waals surface area contributed by atoms with Crippen LogP contribution in [-0.2, 0) is 10.9 Å². The lowest BCUT2D eigenvalue weighted by atomic mass is 9.94. The molecular weight excluding hydrogens is 527 g/mol. The third-order valence-corrected chi connectivity index (χ3v) is 7.04. The van der Waals surface area contributed by atoms with Gasteiger partial charge in [-0.1, -0.05) is 71.8 Å². The minimum atomic E-state index is -4.49. The van der Waals surface area contributed by atoms with Crippen LogP contribution in [0.2, 0.25) is 0 Å². The summed E-state index contributed by atoms with van der Waals surface area (Å²) in [5, 5.41) is 0. The number of alkyl halides is 3. The van der Waals surface area contributed by atoms with Gasteiger partial charge in [-0.15, -0.1) is 0 Å². The summed E-state index contributed by atoms with van der Waals surface area (Å²) in [6.07, 6.45) is -4.49. The highest BCUT2D eigenvalue weighted by molar-refractivity contribution is 6.09. The summed E-state index contributed by atoms with van der Waals surface area (Å²) in [7, 11) is 2.88. The maximum absolute atomic E-state index is 13.6. The fraction of sp³-hybridized carbons (Fsp3) is 0.147. The number of carbonyl (C=O) groups excluding carboxylic acids is 1. The van der Waals surface area contributed by atoms with E-state index in [1.165, 1.54) is 19.2 Å². The summed E-state index contributed by atoms with van der Waals surface area (Å²) in [5.41, 5.74) is 5.96. The van der Waals surface area contributed by atoms with Gasteiger partial charge in [0.2, 0.25) is 0 Å². The number of aryl methyl sites for hydroxylation is 2. The fourth-order valence-electron chi connectivity index (χ4n) is 4.94. The van der Waals surface area contributed by atoms with E-state index in [0.717, 1.165) is 40.1 Å². The van der Waals surface area contributed by atoms with Gasteiger partial charge in [0.15, 0.2) is 0 Å². The number of esters is 1. The van der Waals surface area contributed by atoms with Crippen molar-refractivity contribution >= 4 is 5.97 Å². The molecule has 0 aliphatic heterocycles. The van der Waals surface area contributed by atoms with Crippen molar-refractivity contribution in [3.63, 3.8) is 0 Å². The normalized spacial score (nSPS) is 11.4. The lowest BCUT2D eigenvalue weighted by Gasteiger charge is -2.16. The molecule has 1 aromatic heterocycles. The molecule has 0 saturated heterocycles. The molecule has 0 N–H and O–H groups in total. The SMILES string of the molecule is COC(=O)c1c(-c2ccc(C(F)(F)F)cc2)c(-c2ccc(C)cc2)n(-c2ccc(OC)cc2)c1-c1ccc(C)cc1. The first-order valence-corrected chi connectivity index (χ1v) is 13.0. The highest BCUT2D eigenvalue weighted by atomic mass is 19.4. The molecule has 7 heteroatoms. The lowest BCUT2D eigenvalue weighted by Crippen LogP contribution is -2.06. The molecule has 0 radical (unpaired) electrons. The van der Waals surface area contributed by atoms with Gasteiger partial charge >= 0.3 is 12.1 Å². The largest absolute Gasteiger partial charge is 0.497 e. The molecule has 0 aliphatic rings. The molecule has 0 bridgehead atoms. The number of halogens is 3. The standard InChI is InChI=1S/C34H28F3NO3/c1-21-5-9-24(10-6-21)31-29(23-13-15-26(16-14-23)34(35,36)37)30(33(39)41-4)32(25-11-7-22(2)8-12-25)38(31)27-17-19-28(40-3)20-18-27/h5-20H,1-4H3. The van der Waals surface area contributed by atoms with Crippen LogP contribution in [0.4, 0.5) is 13.2 Å². The molecule has 0 atom stereocenters. The second kappa shape index (κ2) is 11.0. The maximum Gasteiger partial charge on any atom is 0.416 e. The predicted octanol–water partition coefficient (Wildman–Crippen LogP) is 8.91. The van der Waals surface area contributed by atoms with Crippen molar-refractivity contribution in [2.24, 2.45) is 0 Å². The Kier molecular flexibility index (Phi) is 7.45. The van der Waals surface area contributed by atoms with E-state index in [1.807, 2.05) is 91.2 Å². The number of aromatic nitrogens is 1. The van der Waals surface area contributed by atoms with Gasteiger partial charge < -0.3 is 14.0 Å². The van der Waals surface area contributed by atoms with Gasteiger partial charge in [-0.3, -0.25) is 0 Å². The summed E-state index contributed by atoms with van der Waals surface area (Å²) in [5.74, 6) is 0.0573. The lowest BCUT2D eigenvalue weighted by molar-refractivity contribution is -0.137. The zero-order chi connectivity index (χ0) is 29.3. The Balaban J connectivity index is 1.96. The molecule has 0 aliphatic carbocycles. The Morgan fingerprint density at radius 1 is 0.659 bits per heavy atom. The summed E-state index contributed by atoms with van der Waals surface area (Å²) in [4.78, 5) is 13.6. The number of ether oxygens (including phenoxy) is 2. The maximum atomic E-state index is 13.6. The van der Waals surface area contributed by atoms with Crippen molar-refractivity contribution < 1.29 is 27.4 Å². The monoisotopic (exact) mass is 555 g/mol. The number of hydrogen-bond donors (Lipinski definition) is 0. The summed E-state index contributed by atoms with van der Waals surface area (Å²) in [6, 6.07) is 27.8. The van der Waals surface area contributed by atoms with E-state index < -0.39 is 17.7 Å². The Bertz CT molecular complexity index is 1680. The van der Waals surface area contributed by atoms with Crippen LogP contribution in [0.1, 0.15) is 27.0 Å². The van der Waals surface area contributed by atoms with Crippen LogP contribution in [0.5, 0.6) is 5.75 Å². The fourth-order valence-corrected chi connectivity index (χ4v) is 4.94. The number of carbonyl (C=O) groups is 1. The molecule has 208 valence electrons. The Morgan fingerprint density at radius 3 is 1.61 bits per heavy atom. The quantitative estimate of drug-likeness (QED) is 0.197. The minimum absolute atomic E-state index is 0.252. The minimum Gasteiger partial charge on any atom is -0.497 e. The molecule has 5 aromatic rings. The first-order valence-electron chi connectivity index (χ1n) is 13.0. The van der Waals surface area contributed by atoms with Gasteiger partial charge in [0, 0.05) is 11.3 Å². The average molecular weight is 556 g/mol. The number of benzene rings is 4. The summed E-state index contributed by atoms with van der Waals surface area (Å²) in [6.45, 7) is 3.94. The van der Waals surface area contributed by atoms with Crippen molar-refractivity contribution in [1.82, 2.24) is 4.57 Å². The Labute approximate surface area is 236 Å². The summed E-state index contributed by atoms with van der Waals surface area (Å²) >= 11 is 0. The van der Waals surface area contributed by atoms with Crippen molar-refractivity contribution in [3.8, 4) is 45.1 Å². The van der Waals surface area contributed by atoms with Gasteiger partial charge in [0.25, 0.3) is 0 Å². The number of hydrogen-bond acceptors (Lipinski definition) is 3. The van der Waals surface area contributed by atoms with E-state index in [0.29, 0.717) is 28.3 Å². The van der Waals surface area contributed by atoms with E-state index in [1.54, 1.807) is 7.11 Å². The van der Waals surface area contributed by atoms with E-state index in [9.17, 15) is 18.0 Å². The van der Waals surface area contributed by atoms with Gasteiger partial charge in [-0.2, -0.15) is 13.2 Å². The van der Waals surface area contributed by atoms with Crippen LogP contribution in [0.15, 0.2) is 97.1 Å². The zero-order valence-electron chi connectivity index (χ0n) is 23.0. The van der Waals surface area contributed by atoms with E-state index in [4.69, 9.17) is 9.47 Å². The Morgan fingerprint density at radius 2 is 1.15 bits per heavy atom. The van der Waals surface area contributed by atoms with Gasteiger partial charge in [-0.05, 0) is 66.9 Å². The third kappa shape index (κ3) is 5.35. The van der Waals surface area contributed by atoms with E-state index in [-0.39, 0.29) is 5.56 Å². The second-order valence-electron chi connectivity index (χ2n) is 9.78. The van der Waals surface area contributed by atoms with Crippen LogP contribution in [-0.4, -0.2) is 24.8 Å². The van der Waals surface area contributed by atoms with Crippen molar-refractivity contribution in [2.45, 2.75) is 20.0 Å². The first kappa shape index (κ1) is 27.8. The topological polar surface area (TPSA) is 40.5 Å². The molecule has 0 fully saturated rings. The van der Waals surface area contributed by atoms with Crippen molar-refractivity contribution in [2.75, 3.05) is 14.2 Å². The molecule has 0 saturated carbocycles. The van der Waals surface area contributed by atoms with Crippen LogP contribution in [0.3, 0.4) is 0 Å². The number of methoxy groups -OCH3 is 2. The highest BCUT2D eigenvalue weighted by Crippen LogP contribution is 2.46. The predicted molar refractivity (Wildman–Crippen MR) is 154 cm³/mol. The van der Waals surface area contributed by atoms with E-state index in [2.05, 4.69) is 0 Å². The van der Waals surface area contributed by atoms with Crippen LogP contribution >= 0.6 is 0 Å². The molecule has 0 spiro atoms. The molecular formula is C34H28F3NO3. The summed E-state index contributed by atoms with van der Waals surface area (Å²) < 4.78 is 53.1. The van der Waals surface area contributed by atoms with Crippen LogP contribution in [0.25, 0.3) is 39.3 Å². The van der Waals surface area contributed by atoms with Crippen LogP contribution < -0.4 is 4.74 Å². The average Bonchev–Trinajstić information content (AvgIpc) is 3.33. The molecule has 0 amide bonds. The van der Waals surface area contributed by atoms with Gasteiger partial charge in [0.1, 0.15) is 5.75 Å². The number of rotatable bonds is 6. The van der Waals surface area contributed by atoms with Crippen molar-refractivity contribution in [1.29, 1.82) is 0 Å². The molecule has 1 heterocycles. The first-order chi connectivity index (χ1) is 19.6. The van der Waals surface area contributed by atoms with Gasteiger partial charge in [-0.25, -0.2) is 4.79 Å². The second-order valence-corrected chi connectivity index (χ2v) is 9.78. The molecule has 0 unspecified atom stereocenters. The highest BCUT2D eigenvalue weighted by Gasteiger charge is 2.33. The third-order valence-electron chi connectivity index (χ3n) is 7.04. The zero-order valence-corrected chi connectivity index (χ0v) is 23.0. The molecule has 41 heavy (non-hydrogen) atoms. The van der Waals surface area contributed by atoms with Crippen LogP contribution in [0, 0.1) is 13.8 Å². The molecule has 4 aromatic carbocycles. The molecule has 4 nitrogen and oxygen atoms in total. The smallest absolute Gasteiger partial charge is 0.416 e.